The highest BCUT2D eigenvalue weighted by molar-refractivity contribution is 7.89. The number of hydrogen-bond acceptors (Lipinski definition) is 6. The molecule has 1 amide bonds. The van der Waals surface area contributed by atoms with E-state index in [9.17, 15) is 26.4 Å². The van der Waals surface area contributed by atoms with E-state index in [1.807, 2.05) is 10.8 Å². The Morgan fingerprint density at radius 3 is 2.62 bits per heavy atom. The highest BCUT2D eigenvalue weighted by Crippen LogP contribution is 2.30. The molecule has 12 heteroatoms. The molecule has 0 aliphatic heterocycles. The molecular weight excluding hydrogens is 411 g/mol. The first-order valence-corrected chi connectivity index (χ1v) is 9.64. The number of alkyl halides is 3. The molecule has 1 aromatic carbocycles. The SMILES string of the molecule is N#Cc1cccnc1NCCNC(=O)CNS(=O)(=O)c1cccc(C(F)(F)F)c1. The van der Waals surface area contributed by atoms with Gasteiger partial charge in [0.05, 0.1) is 22.6 Å². The number of amides is 1. The van der Waals surface area contributed by atoms with E-state index in [0.29, 0.717) is 17.4 Å². The molecule has 2 aromatic rings. The molecule has 3 N–H and O–H groups in total. The van der Waals surface area contributed by atoms with Crippen LogP contribution in [0.25, 0.3) is 0 Å². The van der Waals surface area contributed by atoms with E-state index >= 15 is 0 Å². The fourth-order valence-corrected chi connectivity index (χ4v) is 3.19. The van der Waals surface area contributed by atoms with Crippen molar-refractivity contribution in [1.29, 1.82) is 5.26 Å². The lowest BCUT2D eigenvalue weighted by Gasteiger charge is -2.11. The van der Waals surface area contributed by atoms with Gasteiger partial charge in [0.25, 0.3) is 0 Å². The minimum atomic E-state index is -4.69. The van der Waals surface area contributed by atoms with E-state index in [1.165, 1.54) is 6.20 Å². The summed E-state index contributed by atoms with van der Waals surface area (Å²) in [4.78, 5) is 15.1. The summed E-state index contributed by atoms with van der Waals surface area (Å²) in [7, 11) is -4.29. The van der Waals surface area contributed by atoms with Gasteiger partial charge in [0.2, 0.25) is 15.9 Å². The lowest BCUT2D eigenvalue weighted by Crippen LogP contribution is -2.38. The van der Waals surface area contributed by atoms with Crippen LogP contribution in [0.5, 0.6) is 0 Å². The Labute approximate surface area is 164 Å². The highest BCUT2D eigenvalue weighted by Gasteiger charge is 2.31. The monoisotopic (exact) mass is 427 g/mol. The number of benzene rings is 1. The number of aromatic nitrogens is 1. The largest absolute Gasteiger partial charge is 0.416 e. The van der Waals surface area contributed by atoms with Gasteiger partial charge in [-0.25, -0.2) is 18.1 Å². The molecule has 8 nitrogen and oxygen atoms in total. The molecule has 1 heterocycles. The van der Waals surface area contributed by atoms with Crippen LogP contribution in [0, 0.1) is 11.3 Å². The summed E-state index contributed by atoms with van der Waals surface area (Å²) in [5, 5.41) is 14.2. The summed E-state index contributed by atoms with van der Waals surface area (Å²) in [6.07, 6.45) is -3.20. The van der Waals surface area contributed by atoms with E-state index in [1.54, 1.807) is 12.1 Å². The zero-order chi connectivity index (χ0) is 21.5. The molecule has 29 heavy (non-hydrogen) atoms. The second kappa shape index (κ2) is 9.35. The molecule has 0 spiro atoms. The van der Waals surface area contributed by atoms with Gasteiger partial charge in [0, 0.05) is 19.3 Å². The molecule has 0 bridgehead atoms. The molecular formula is C17H16F3N5O3S. The topological polar surface area (TPSA) is 124 Å². The number of rotatable bonds is 8. The van der Waals surface area contributed by atoms with Gasteiger partial charge in [-0.15, -0.1) is 0 Å². The molecule has 2 rings (SSSR count). The van der Waals surface area contributed by atoms with Crippen molar-refractivity contribution in [3.8, 4) is 6.07 Å². The van der Waals surface area contributed by atoms with E-state index in [-0.39, 0.29) is 13.1 Å². The van der Waals surface area contributed by atoms with E-state index in [0.717, 1.165) is 18.2 Å². The second-order valence-electron chi connectivity index (χ2n) is 5.64. The molecule has 1 aromatic heterocycles. The number of sulfonamides is 1. The Hall–Kier alpha value is -3.17. The van der Waals surface area contributed by atoms with Crippen molar-refractivity contribution in [2.24, 2.45) is 0 Å². The summed E-state index contributed by atoms with van der Waals surface area (Å²) in [6, 6.07) is 8.32. The minimum absolute atomic E-state index is 0.103. The molecule has 0 unspecified atom stereocenters. The van der Waals surface area contributed by atoms with Crippen LogP contribution < -0.4 is 15.4 Å². The van der Waals surface area contributed by atoms with E-state index in [4.69, 9.17) is 5.26 Å². The number of nitriles is 1. The van der Waals surface area contributed by atoms with Crippen LogP contribution in [0.1, 0.15) is 11.1 Å². The van der Waals surface area contributed by atoms with Crippen LogP contribution in [-0.4, -0.2) is 38.9 Å². The zero-order valence-corrected chi connectivity index (χ0v) is 15.6. The number of carbonyl (C=O) groups excluding carboxylic acids is 1. The van der Waals surface area contributed by atoms with Crippen molar-refractivity contribution < 1.29 is 26.4 Å². The van der Waals surface area contributed by atoms with Crippen molar-refractivity contribution in [1.82, 2.24) is 15.0 Å². The van der Waals surface area contributed by atoms with Crippen LogP contribution in [0.15, 0.2) is 47.5 Å². The summed E-state index contributed by atoms with van der Waals surface area (Å²) in [6.45, 7) is -0.324. The van der Waals surface area contributed by atoms with Gasteiger partial charge < -0.3 is 10.6 Å². The highest BCUT2D eigenvalue weighted by atomic mass is 32.2. The summed E-state index contributed by atoms with van der Waals surface area (Å²) < 4.78 is 64.2. The summed E-state index contributed by atoms with van der Waals surface area (Å²) in [5.74, 6) is -0.335. The number of pyridine rings is 1. The minimum Gasteiger partial charge on any atom is -0.367 e. The van der Waals surface area contributed by atoms with Gasteiger partial charge in [-0.3, -0.25) is 4.79 Å². The standard InChI is InChI=1S/C17H16F3N5O3S/c18-17(19,20)13-4-1-5-14(9-13)29(27,28)25-11-15(26)22-7-8-24-16-12(10-21)3-2-6-23-16/h1-6,9,25H,7-8,11H2,(H,22,26)(H,23,24). The third-order valence-electron chi connectivity index (χ3n) is 3.56. The number of halogens is 3. The first-order chi connectivity index (χ1) is 13.6. The Kier molecular flexibility index (Phi) is 7.13. The maximum absolute atomic E-state index is 12.7. The smallest absolute Gasteiger partial charge is 0.367 e. The van der Waals surface area contributed by atoms with Crippen LogP contribution in [0.4, 0.5) is 19.0 Å². The molecule has 0 fully saturated rings. The average Bonchev–Trinajstić information content (AvgIpc) is 2.69. The van der Waals surface area contributed by atoms with Gasteiger partial charge in [0.15, 0.2) is 0 Å². The molecule has 0 atom stereocenters. The Balaban J connectivity index is 1.83. The Morgan fingerprint density at radius 2 is 1.93 bits per heavy atom. The Bertz CT molecular complexity index is 1020. The van der Waals surface area contributed by atoms with Crippen LogP contribution >= 0.6 is 0 Å². The Morgan fingerprint density at radius 1 is 1.17 bits per heavy atom. The van der Waals surface area contributed by atoms with Crippen molar-refractivity contribution in [2.75, 3.05) is 25.0 Å². The lowest BCUT2D eigenvalue weighted by atomic mass is 10.2. The van der Waals surface area contributed by atoms with Gasteiger partial charge in [0.1, 0.15) is 11.9 Å². The zero-order valence-electron chi connectivity index (χ0n) is 14.8. The van der Waals surface area contributed by atoms with Gasteiger partial charge in [-0.1, -0.05) is 6.07 Å². The maximum Gasteiger partial charge on any atom is 0.416 e. The normalized spacial score (nSPS) is 11.5. The quantitative estimate of drug-likeness (QED) is 0.548. The molecule has 154 valence electrons. The molecule has 0 aliphatic rings. The van der Waals surface area contributed by atoms with Crippen LogP contribution in [0.2, 0.25) is 0 Å². The van der Waals surface area contributed by atoms with Gasteiger partial charge >= 0.3 is 6.18 Å². The first-order valence-electron chi connectivity index (χ1n) is 8.16. The van der Waals surface area contributed by atoms with Crippen molar-refractivity contribution in [3.63, 3.8) is 0 Å². The molecule has 0 radical (unpaired) electrons. The summed E-state index contributed by atoms with van der Waals surface area (Å²) >= 11 is 0. The van der Waals surface area contributed by atoms with Crippen molar-refractivity contribution >= 4 is 21.7 Å². The third kappa shape index (κ3) is 6.44. The number of nitrogens with one attached hydrogen (secondary N) is 3. The predicted octanol–water partition coefficient (Wildman–Crippen LogP) is 1.48. The number of hydrogen-bond donors (Lipinski definition) is 3. The van der Waals surface area contributed by atoms with E-state index < -0.39 is 39.1 Å². The second-order valence-corrected chi connectivity index (χ2v) is 7.41. The fraction of sp³-hybridized carbons (Fsp3) is 0.235. The fourth-order valence-electron chi connectivity index (χ4n) is 2.17. The molecule has 0 saturated heterocycles. The maximum atomic E-state index is 12.7. The lowest BCUT2D eigenvalue weighted by molar-refractivity contribution is -0.137. The van der Waals surface area contributed by atoms with E-state index in [2.05, 4.69) is 15.6 Å². The predicted molar refractivity (Wildman–Crippen MR) is 97.1 cm³/mol. The van der Waals surface area contributed by atoms with Crippen LogP contribution in [-0.2, 0) is 21.0 Å². The average molecular weight is 427 g/mol. The van der Waals surface area contributed by atoms with Crippen LogP contribution in [0.3, 0.4) is 0 Å². The number of nitrogens with zero attached hydrogens (tertiary/aromatic N) is 2. The van der Waals surface area contributed by atoms with Crippen molar-refractivity contribution in [2.45, 2.75) is 11.1 Å². The summed E-state index contributed by atoms with van der Waals surface area (Å²) in [5.41, 5.74) is -0.783. The van der Waals surface area contributed by atoms with Gasteiger partial charge in [-0.2, -0.15) is 18.4 Å². The third-order valence-corrected chi connectivity index (χ3v) is 4.96. The molecule has 0 aliphatic carbocycles. The number of anilines is 1. The number of carbonyl (C=O) groups is 1. The van der Waals surface area contributed by atoms with Crippen molar-refractivity contribution in [3.05, 3.63) is 53.7 Å². The first kappa shape index (κ1) is 22.1. The van der Waals surface area contributed by atoms with Gasteiger partial charge in [-0.05, 0) is 30.3 Å². The molecule has 0 saturated carbocycles.